The molecule has 4 nitrogen and oxygen atoms in total. The van der Waals surface area contributed by atoms with E-state index in [2.05, 4.69) is 5.32 Å². The maximum Gasteiger partial charge on any atom is 0.416 e. The Hall–Kier alpha value is -1.18. The molecule has 1 atom stereocenters. The molecule has 0 bridgehead atoms. The largest absolute Gasteiger partial charge is 0.416 e. The first kappa shape index (κ1) is 22.9. The molecule has 3 rings (SSSR count). The van der Waals surface area contributed by atoms with Crippen molar-refractivity contribution in [2.45, 2.75) is 31.5 Å². The van der Waals surface area contributed by atoms with E-state index in [-0.39, 0.29) is 36.8 Å². The second kappa shape index (κ2) is 9.67. The predicted octanol–water partition coefficient (Wildman–Crippen LogP) is 3.34. The summed E-state index contributed by atoms with van der Waals surface area (Å²) in [4.78, 5) is 16.2. The summed E-state index contributed by atoms with van der Waals surface area (Å²) in [5, 5.41) is 3.25. The Balaban J connectivity index is 0.00000169. The Labute approximate surface area is 163 Å². The van der Waals surface area contributed by atoms with Gasteiger partial charge in [-0.25, -0.2) is 0 Å². The number of carbonyl (C=O) groups excluding carboxylic acids is 1. The van der Waals surface area contributed by atoms with E-state index in [0.717, 1.165) is 31.9 Å². The highest BCUT2D eigenvalue weighted by molar-refractivity contribution is 5.85. The summed E-state index contributed by atoms with van der Waals surface area (Å²) < 4.78 is 38.5. The number of hydrogen-bond acceptors (Lipinski definition) is 3. The fraction of sp³-hybridized carbons (Fsp3) is 0.588. The Kier molecular flexibility index (Phi) is 8.50. The van der Waals surface area contributed by atoms with Crippen LogP contribution in [0.4, 0.5) is 18.9 Å². The highest BCUT2D eigenvalue weighted by atomic mass is 35.5. The fourth-order valence-electron chi connectivity index (χ4n) is 3.35. The summed E-state index contributed by atoms with van der Waals surface area (Å²) in [6.45, 7) is 3.08. The third kappa shape index (κ3) is 5.41. The molecule has 2 aliphatic rings. The SMILES string of the molecule is Cl.Cl.O=C(C1CCCCN1)N1CCN(c2cccc(C(F)(F)F)c2)CC1. The van der Waals surface area contributed by atoms with Crippen molar-refractivity contribution in [2.24, 2.45) is 0 Å². The minimum Gasteiger partial charge on any atom is -0.368 e. The number of halogens is 5. The van der Waals surface area contributed by atoms with E-state index in [9.17, 15) is 18.0 Å². The topological polar surface area (TPSA) is 35.6 Å². The molecular formula is C17H24Cl2F3N3O. The van der Waals surface area contributed by atoms with Gasteiger partial charge in [-0.15, -0.1) is 24.8 Å². The van der Waals surface area contributed by atoms with Crippen LogP contribution in [0.2, 0.25) is 0 Å². The van der Waals surface area contributed by atoms with Crippen molar-refractivity contribution >= 4 is 36.4 Å². The molecule has 1 aromatic carbocycles. The Morgan fingerprint density at radius 1 is 1.08 bits per heavy atom. The van der Waals surface area contributed by atoms with Crippen LogP contribution in [0.1, 0.15) is 24.8 Å². The lowest BCUT2D eigenvalue weighted by molar-refractivity contribution is -0.137. The normalized spacial score (nSPS) is 20.8. The van der Waals surface area contributed by atoms with E-state index in [1.165, 1.54) is 12.1 Å². The number of nitrogens with one attached hydrogen (secondary N) is 1. The van der Waals surface area contributed by atoms with Gasteiger partial charge in [0, 0.05) is 31.9 Å². The summed E-state index contributed by atoms with van der Waals surface area (Å²) in [6.07, 6.45) is -1.30. The molecule has 1 unspecified atom stereocenters. The molecule has 2 heterocycles. The van der Waals surface area contributed by atoms with Crippen LogP contribution in [-0.2, 0) is 11.0 Å². The molecule has 0 saturated carbocycles. The van der Waals surface area contributed by atoms with Gasteiger partial charge in [0.25, 0.3) is 0 Å². The summed E-state index contributed by atoms with van der Waals surface area (Å²) in [5.41, 5.74) is -0.0716. The van der Waals surface area contributed by atoms with E-state index < -0.39 is 11.7 Å². The fourth-order valence-corrected chi connectivity index (χ4v) is 3.35. The molecule has 2 saturated heterocycles. The monoisotopic (exact) mass is 413 g/mol. The number of benzene rings is 1. The van der Waals surface area contributed by atoms with E-state index in [4.69, 9.17) is 0 Å². The maximum absolute atomic E-state index is 12.8. The van der Waals surface area contributed by atoms with Gasteiger partial charge in [0.2, 0.25) is 5.91 Å². The highest BCUT2D eigenvalue weighted by Crippen LogP contribution is 2.31. The average molecular weight is 414 g/mol. The maximum atomic E-state index is 12.8. The average Bonchev–Trinajstić information content (AvgIpc) is 2.61. The minimum absolute atomic E-state index is 0. The summed E-state index contributed by atoms with van der Waals surface area (Å²) in [5.74, 6) is 0.124. The van der Waals surface area contributed by atoms with Crippen molar-refractivity contribution in [3.05, 3.63) is 29.8 Å². The third-order valence-electron chi connectivity index (χ3n) is 4.74. The third-order valence-corrected chi connectivity index (χ3v) is 4.74. The first-order chi connectivity index (χ1) is 11.4. The molecule has 1 amide bonds. The van der Waals surface area contributed by atoms with Crippen LogP contribution in [-0.4, -0.2) is 49.6 Å². The minimum atomic E-state index is -4.33. The van der Waals surface area contributed by atoms with Gasteiger partial charge in [-0.3, -0.25) is 4.79 Å². The molecule has 0 aromatic heterocycles. The second-order valence-electron chi connectivity index (χ2n) is 6.36. The molecule has 0 aliphatic carbocycles. The molecule has 1 N–H and O–H groups in total. The van der Waals surface area contributed by atoms with Gasteiger partial charge >= 0.3 is 6.18 Å². The number of rotatable bonds is 2. The number of anilines is 1. The van der Waals surface area contributed by atoms with Crippen LogP contribution < -0.4 is 10.2 Å². The van der Waals surface area contributed by atoms with E-state index in [0.29, 0.717) is 31.9 Å². The lowest BCUT2D eigenvalue weighted by Gasteiger charge is -2.38. The first-order valence-corrected chi connectivity index (χ1v) is 8.39. The number of hydrogen-bond donors (Lipinski definition) is 1. The van der Waals surface area contributed by atoms with Crippen LogP contribution in [0.15, 0.2) is 24.3 Å². The highest BCUT2D eigenvalue weighted by Gasteiger charge is 2.32. The molecular weight excluding hydrogens is 390 g/mol. The van der Waals surface area contributed by atoms with E-state index >= 15 is 0 Å². The standard InChI is InChI=1S/C17H22F3N3O.2ClH/c18-17(19,20)13-4-3-5-14(12-13)22-8-10-23(11-9-22)16(24)15-6-1-2-7-21-15;;/h3-5,12,15,21H,1-2,6-11H2;2*1H. The van der Waals surface area contributed by atoms with Gasteiger partial charge in [-0.2, -0.15) is 13.2 Å². The van der Waals surface area contributed by atoms with Gasteiger partial charge in [0.05, 0.1) is 11.6 Å². The molecule has 2 fully saturated rings. The van der Waals surface area contributed by atoms with Crippen molar-refractivity contribution in [3.63, 3.8) is 0 Å². The number of nitrogens with zero attached hydrogens (tertiary/aromatic N) is 2. The van der Waals surface area contributed by atoms with Gasteiger partial charge < -0.3 is 15.1 Å². The Bertz CT molecular complexity index is 587. The van der Waals surface area contributed by atoms with Crippen molar-refractivity contribution in [2.75, 3.05) is 37.6 Å². The molecule has 148 valence electrons. The number of piperidine rings is 1. The molecule has 0 spiro atoms. The summed E-state index contributed by atoms with van der Waals surface area (Å²) in [7, 11) is 0. The molecule has 9 heteroatoms. The smallest absolute Gasteiger partial charge is 0.368 e. The predicted molar refractivity (Wildman–Crippen MR) is 100 cm³/mol. The number of piperazine rings is 1. The van der Waals surface area contributed by atoms with Crippen LogP contribution in [0, 0.1) is 0 Å². The van der Waals surface area contributed by atoms with E-state index in [1.54, 1.807) is 6.07 Å². The van der Waals surface area contributed by atoms with Crippen molar-refractivity contribution in [3.8, 4) is 0 Å². The molecule has 2 aliphatic heterocycles. The second-order valence-corrected chi connectivity index (χ2v) is 6.36. The number of carbonyl (C=O) groups is 1. The van der Waals surface area contributed by atoms with Crippen molar-refractivity contribution in [1.29, 1.82) is 0 Å². The van der Waals surface area contributed by atoms with Crippen LogP contribution in [0.25, 0.3) is 0 Å². The van der Waals surface area contributed by atoms with Gasteiger partial charge in [-0.05, 0) is 37.6 Å². The Morgan fingerprint density at radius 2 is 1.77 bits per heavy atom. The molecule has 1 aromatic rings. The van der Waals surface area contributed by atoms with Crippen LogP contribution in [0.3, 0.4) is 0 Å². The van der Waals surface area contributed by atoms with E-state index in [1.807, 2.05) is 9.80 Å². The quantitative estimate of drug-likeness (QED) is 0.807. The van der Waals surface area contributed by atoms with Gasteiger partial charge in [0.1, 0.15) is 0 Å². The van der Waals surface area contributed by atoms with Gasteiger partial charge in [-0.1, -0.05) is 12.5 Å². The summed E-state index contributed by atoms with van der Waals surface area (Å²) >= 11 is 0. The van der Waals surface area contributed by atoms with Gasteiger partial charge in [0.15, 0.2) is 0 Å². The zero-order chi connectivity index (χ0) is 17.2. The Morgan fingerprint density at radius 3 is 2.35 bits per heavy atom. The zero-order valence-corrected chi connectivity index (χ0v) is 15.9. The lowest BCUT2D eigenvalue weighted by atomic mass is 10.0. The number of amides is 1. The zero-order valence-electron chi connectivity index (χ0n) is 14.3. The van der Waals surface area contributed by atoms with Crippen LogP contribution in [0.5, 0.6) is 0 Å². The molecule has 0 radical (unpaired) electrons. The lowest BCUT2D eigenvalue weighted by Crippen LogP contribution is -2.55. The number of alkyl halides is 3. The van der Waals surface area contributed by atoms with Crippen molar-refractivity contribution in [1.82, 2.24) is 10.2 Å². The first-order valence-electron chi connectivity index (χ1n) is 8.39. The van der Waals surface area contributed by atoms with Crippen LogP contribution >= 0.6 is 24.8 Å². The molecule has 26 heavy (non-hydrogen) atoms. The summed E-state index contributed by atoms with van der Waals surface area (Å²) in [6, 6.07) is 5.29. The van der Waals surface area contributed by atoms with Crippen molar-refractivity contribution < 1.29 is 18.0 Å².